The van der Waals surface area contributed by atoms with Crippen LogP contribution in [0.5, 0.6) is 5.75 Å². The summed E-state index contributed by atoms with van der Waals surface area (Å²) in [6, 6.07) is 9.59. The van der Waals surface area contributed by atoms with E-state index in [0.29, 0.717) is 23.7 Å². The molecule has 0 aliphatic carbocycles. The number of methoxy groups -OCH3 is 1. The predicted octanol–water partition coefficient (Wildman–Crippen LogP) is 2.72. The molecule has 1 N–H and O–H groups in total. The summed E-state index contributed by atoms with van der Waals surface area (Å²) in [5, 5.41) is 2.48. The Labute approximate surface area is 162 Å². The average molecular weight is 389 g/mol. The van der Waals surface area contributed by atoms with E-state index in [1.54, 1.807) is 24.3 Å². The number of carbonyl (C=O) groups excluding carboxylic acids is 3. The number of amides is 1. The fraction of sp³-hybridized carbons (Fsp3) is 0.350. The minimum atomic E-state index is -0.635. The molecule has 0 saturated heterocycles. The van der Waals surface area contributed by atoms with Gasteiger partial charge in [-0.2, -0.15) is 0 Å². The summed E-state index contributed by atoms with van der Waals surface area (Å²) in [5.41, 5.74) is 0.407. The molecule has 0 fully saturated rings. The first kappa shape index (κ1) is 21.0. The van der Waals surface area contributed by atoms with Crippen LogP contribution in [0.3, 0.4) is 0 Å². The number of furan rings is 1. The summed E-state index contributed by atoms with van der Waals surface area (Å²) in [6.45, 7) is 2.26. The van der Waals surface area contributed by atoms with Gasteiger partial charge >= 0.3 is 11.9 Å². The van der Waals surface area contributed by atoms with Gasteiger partial charge in [0, 0.05) is 5.56 Å². The monoisotopic (exact) mass is 389 g/mol. The number of esters is 2. The molecule has 28 heavy (non-hydrogen) atoms. The second-order valence-electron chi connectivity index (χ2n) is 5.83. The maximum Gasteiger partial charge on any atom is 0.373 e. The van der Waals surface area contributed by atoms with Gasteiger partial charge in [0.25, 0.3) is 5.91 Å². The molecule has 1 amide bonds. The van der Waals surface area contributed by atoms with Crippen molar-refractivity contribution in [3.05, 3.63) is 53.5 Å². The van der Waals surface area contributed by atoms with Gasteiger partial charge in [0.15, 0.2) is 0 Å². The number of nitrogens with one attached hydrogen (secondary N) is 1. The Hall–Kier alpha value is -3.29. The molecule has 0 spiro atoms. The van der Waals surface area contributed by atoms with E-state index in [2.05, 4.69) is 17.0 Å². The van der Waals surface area contributed by atoms with Gasteiger partial charge in [-0.25, -0.2) is 4.79 Å². The zero-order valence-corrected chi connectivity index (χ0v) is 15.9. The van der Waals surface area contributed by atoms with Gasteiger partial charge in [0.1, 0.15) is 24.7 Å². The maximum atomic E-state index is 12.1. The van der Waals surface area contributed by atoms with Gasteiger partial charge in [-0.3, -0.25) is 9.59 Å². The van der Waals surface area contributed by atoms with Gasteiger partial charge in [-0.15, -0.1) is 0 Å². The molecule has 0 radical (unpaired) electrons. The zero-order chi connectivity index (χ0) is 20.4. The number of unbranched alkanes of at least 4 members (excludes halogenated alkanes) is 1. The lowest BCUT2D eigenvalue weighted by Crippen LogP contribution is -2.30. The fourth-order valence-electron chi connectivity index (χ4n) is 2.16. The van der Waals surface area contributed by atoms with Crippen LogP contribution in [0.15, 0.2) is 40.8 Å². The van der Waals surface area contributed by atoms with Crippen molar-refractivity contribution in [1.29, 1.82) is 0 Å². The molecular weight excluding hydrogens is 366 g/mol. The van der Waals surface area contributed by atoms with Crippen molar-refractivity contribution in [1.82, 2.24) is 5.32 Å². The third-order valence-corrected chi connectivity index (χ3v) is 3.70. The van der Waals surface area contributed by atoms with Crippen molar-refractivity contribution in [3.63, 3.8) is 0 Å². The van der Waals surface area contributed by atoms with Gasteiger partial charge in [0.2, 0.25) is 5.76 Å². The molecule has 8 nitrogen and oxygen atoms in total. The number of hydrogen-bond donors (Lipinski definition) is 1. The molecule has 8 heteroatoms. The van der Waals surface area contributed by atoms with E-state index in [0.717, 1.165) is 12.8 Å². The Balaban J connectivity index is 1.73. The lowest BCUT2D eigenvalue weighted by molar-refractivity contribution is -0.144. The van der Waals surface area contributed by atoms with Crippen LogP contribution in [0, 0.1) is 0 Å². The van der Waals surface area contributed by atoms with Crippen LogP contribution in [-0.2, 0) is 20.9 Å². The molecule has 2 rings (SSSR count). The largest absolute Gasteiger partial charge is 0.494 e. The highest BCUT2D eigenvalue weighted by Crippen LogP contribution is 2.13. The SMILES string of the molecule is CCCCOc1ccc(C(=O)NCC(=O)OCc2ccc(C(=O)OC)o2)cc1. The van der Waals surface area contributed by atoms with E-state index < -0.39 is 17.8 Å². The maximum absolute atomic E-state index is 12.1. The van der Waals surface area contributed by atoms with Crippen molar-refractivity contribution in [2.75, 3.05) is 20.3 Å². The van der Waals surface area contributed by atoms with Crippen molar-refractivity contribution in [3.8, 4) is 5.75 Å². The Morgan fingerprint density at radius 2 is 1.82 bits per heavy atom. The van der Waals surface area contributed by atoms with Crippen LogP contribution < -0.4 is 10.1 Å². The second kappa shape index (κ2) is 10.8. The Morgan fingerprint density at radius 3 is 2.50 bits per heavy atom. The minimum Gasteiger partial charge on any atom is -0.494 e. The van der Waals surface area contributed by atoms with Gasteiger partial charge < -0.3 is 23.9 Å². The quantitative estimate of drug-likeness (QED) is 0.492. The minimum absolute atomic E-state index is 0.0176. The van der Waals surface area contributed by atoms with E-state index in [-0.39, 0.29) is 18.9 Å². The van der Waals surface area contributed by atoms with Crippen molar-refractivity contribution >= 4 is 17.8 Å². The summed E-state index contributed by atoms with van der Waals surface area (Å²) in [4.78, 5) is 35.1. The fourth-order valence-corrected chi connectivity index (χ4v) is 2.16. The lowest BCUT2D eigenvalue weighted by Gasteiger charge is -2.07. The molecule has 0 aliphatic heterocycles. The lowest BCUT2D eigenvalue weighted by atomic mass is 10.2. The molecule has 0 saturated carbocycles. The van der Waals surface area contributed by atoms with E-state index >= 15 is 0 Å². The van der Waals surface area contributed by atoms with Crippen LogP contribution in [0.1, 0.15) is 46.4 Å². The van der Waals surface area contributed by atoms with E-state index in [4.69, 9.17) is 13.9 Å². The average Bonchev–Trinajstić information content (AvgIpc) is 3.19. The van der Waals surface area contributed by atoms with Crippen LogP contribution in [0.2, 0.25) is 0 Å². The zero-order valence-electron chi connectivity index (χ0n) is 15.9. The number of rotatable bonds is 10. The third-order valence-electron chi connectivity index (χ3n) is 3.70. The smallest absolute Gasteiger partial charge is 0.373 e. The molecule has 1 heterocycles. The first-order chi connectivity index (χ1) is 13.5. The molecular formula is C20H23NO7. The number of carbonyl (C=O) groups is 3. The molecule has 1 aromatic carbocycles. The highest BCUT2D eigenvalue weighted by Gasteiger charge is 2.13. The standard InChI is InChI=1S/C20H23NO7/c1-3-4-11-26-15-7-5-14(6-8-15)19(23)21-12-18(22)27-13-16-9-10-17(28-16)20(24)25-2/h5-10H,3-4,11-13H2,1-2H3,(H,21,23). The Kier molecular flexibility index (Phi) is 8.08. The number of benzene rings is 1. The van der Waals surface area contributed by atoms with E-state index in [1.165, 1.54) is 19.2 Å². The normalized spacial score (nSPS) is 10.2. The molecule has 0 unspecified atom stereocenters. The van der Waals surface area contributed by atoms with Crippen LogP contribution in [0.25, 0.3) is 0 Å². The summed E-state index contributed by atoms with van der Waals surface area (Å²) in [5.74, 6) is -0.657. The Morgan fingerprint density at radius 1 is 1.07 bits per heavy atom. The molecule has 150 valence electrons. The van der Waals surface area contributed by atoms with Crippen LogP contribution >= 0.6 is 0 Å². The number of hydrogen-bond acceptors (Lipinski definition) is 7. The predicted molar refractivity (Wildman–Crippen MR) is 99.0 cm³/mol. The molecule has 2 aromatic rings. The van der Waals surface area contributed by atoms with Crippen molar-refractivity contribution in [2.45, 2.75) is 26.4 Å². The van der Waals surface area contributed by atoms with Crippen LogP contribution in [0.4, 0.5) is 0 Å². The first-order valence-corrected chi connectivity index (χ1v) is 8.87. The van der Waals surface area contributed by atoms with Gasteiger partial charge in [-0.1, -0.05) is 13.3 Å². The third kappa shape index (κ3) is 6.46. The van der Waals surface area contributed by atoms with Gasteiger partial charge in [0.05, 0.1) is 13.7 Å². The van der Waals surface area contributed by atoms with Gasteiger partial charge in [-0.05, 0) is 42.8 Å². The highest BCUT2D eigenvalue weighted by molar-refractivity contribution is 5.96. The topological polar surface area (TPSA) is 104 Å². The summed E-state index contributed by atoms with van der Waals surface area (Å²) in [7, 11) is 1.24. The second-order valence-corrected chi connectivity index (χ2v) is 5.83. The summed E-state index contributed by atoms with van der Waals surface area (Å²) in [6.07, 6.45) is 2.01. The van der Waals surface area contributed by atoms with Crippen molar-refractivity contribution < 1.29 is 33.0 Å². The highest BCUT2D eigenvalue weighted by atomic mass is 16.6. The van der Waals surface area contributed by atoms with Crippen molar-refractivity contribution in [2.24, 2.45) is 0 Å². The first-order valence-electron chi connectivity index (χ1n) is 8.87. The molecule has 0 bridgehead atoms. The Bertz CT molecular complexity index is 795. The molecule has 1 aromatic heterocycles. The molecule has 0 atom stereocenters. The summed E-state index contributed by atoms with van der Waals surface area (Å²) >= 11 is 0. The van der Waals surface area contributed by atoms with E-state index in [1.807, 2.05) is 0 Å². The molecule has 0 aliphatic rings. The van der Waals surface area contributed by atoms with E-state index in [9.17, 15) is 14.4 Å². The summed E-state index contributed by atoms with van der Waals surface area (Å²) < 4.78 is 20.2. The van der Waals surface area contributed by atoms with Crippen LogP contribution in [-0.4, -0.2) is 38.1 Å². The number of ether oxygens (including phenoxy) is 3.